The summed E-state index contributed by atoms with van der Waals surface area (Å²) >= 11 is 0. The van der Waals surface area contributed by atoms with Crippen LogP contribution in [0.25, 0.3) is 0 Å². The molecule has 0 spiro atoms. The molecule has 104 valence electrons. The van der Waals surface area contributed by atoms with Crippen molar-refractivity contribution in [3.05, 3.63) is 18.2 Å². The summed E-state index contributed by atoms with van der Waals surface area (Å²) in [5.41, 5.74) is 5.76. The highest BCUT2D eigenvalue weighted by molar-refractivity contribution is 7.92. The van der Waals surface area contributed by atoms with Gasteiger partial charge in [-0.1, -0.05) is 0 Å². The number of carbonyl (C=O) groups excluding carboxylic acids is 1. The van der Waals surface area contributed by atoms with Gasteiger partial charge in [-0.2, -0.15) is 0 Å². The van der Waals surface area contributed by atoms with Gasteiger partial charge in [0.1, 0.15) is 11.5 Å². The van der Waals surface area contributed by atoms with Gasteiger partial charge < -0.3 is 15.8 Å². The second kappa shape index (κ2) is 5.08. The molecule has 1 aromatic rings. The lowest BCUT2D eigenvalue weighted by molar-refractivity contribution is -0.118. The lowest BCUT2D eigenvalue weighted by Crippen LogP contribution is -2.32. The summed E-state index contributed by atoms with van der Waals surface area (Å²) in [4.78, 5) is 11.5. The lowest BCUT2D eigenvalue weighted by atomic mass is 10.3. The van der Waals surface area contributed by atoms with E-state index in [1.807, 2.05) is 0 Å². The average Bonchev–Trinajstić information content (AvgIpc) is 3.12. The molecule has 0 aliphatic heterocycles. The molecule has 6 nitrogen and oxygen atoms in total. The predicted molar refractivity (Wildman–Crippen MR) is 70.6 cm³/mol. The molecular weight excluding hydrogens is 268 g/mol. The first kappa shape index (κ1) is 13.7. The number of nitrogens with one attached hydrogen (secondary N) is 1. The fraction of sp³-hybridized carbons (Fsp3) is 0.417. The van der Waals surface area contributed by atoms with E-state index in [9.17, 15) is 13.2 Å². The van der Waals surface area contributed by atoms with Crippen molar-refractivity contribution in [1.82, 2.24) is 5.32 Å². The number of hydrogen-bond acceptors (Lipinski definition) is 5. The number of ether oxygens (including phenoxy) is 1. The van der Waals surface area contributed by atoms with E-state index in [-0.39, 0.29) is 16.6 Å². The SMILES string of the molecule is COc1ccc(N)c(S(=O)(=O)CC(=O)NC2CC2)c1. The molecule has 0 saturated heterocycles. The molecule has 1 amide bonds. The highest BCUT2D eigenvalue weighted by atomic mass is 32.2. The quantitative estimate of drug-likeness (QED) is 0.759. The smallest absolute Gasteiger partial charge is 0.235 e. The van der Waals surface area contributed by atoms with E-state index in [0.29, 0.717) is 5.75 Å². The standard InChI is InChI=1S/C12H16N2O4S/c1-18-9-4-5-10(13)11(6-9)19(16,17)7-12(15)14-8-2-3-8/h4-6,8H,2-3,7,13H2,1H3,(H,14,15). The Hall–Kier alpha value is -1.76. The summed E-state index contributed by atoms with van der Waals surface area (Å²) in [6.45, 7) is 0. The van der Waals surface area contributed by atoms with Crippen LogP contribution in [0.2, 0.25) is 0 Å². The molecule has 1 aliphatic carbocycles. The monoisotopic (exact) mass is 284 g/mol. The van der Waals surface area contributed by atoms with Crippen molar-refractivity contribution in [3.8, 4) is 5.75 Å². The molecule has 7 heteroatoms. The molecule has 0 aromatic heterocycles. The van der Waals surface area contributed by atoms with Gasteiger partial charge >= 0.3 is 0 Å². The van der Waals surface area contributed by atoms with Crippen molar-refractivity contribution in [2.45, 2.75) is 23.8 Å². The van der Waals surface area contributed by atoms with Crippen LogP contribution >= 0.6 is 0 Å². The molecule has 1 saturated carbocycles. The van der Waals surface area contributed by atoms with E-state index < -0.39 is 21.5 Å². The van der Waals surface area contributed by atoms with Gasteiger partial charge in [0.25, 0.3) is 0 Å². The molecular formula is C12H16N2O4S. The van der Waals surface area contributed by atoms with Gasteiger partial charge in [0.2, 0.25) is 5.91 Å². The zero-order valence-corrected chi connectivity index (χ0v) is 11.4. The highest BCUT2D eigenvalue weighted by Gasteiger charge is 2.27. The third-order valence-corrected chi connectivity index (χ3v) is 4.49. The summed E-state index contributed by atoms with van der Waals surface area (Å²) in [5.74, 6) is -0.707. The van der Waals surface area contributed by atoms with Crippen molar-refractivity contribution < 1.29 is 17.9 Å². The first-order chi connectivity index (χ1) is 8.92. The molecule has 1 aromatic carbocycles. The largest absolute Gasteiger partial charge is 0.497 e. The summed E-state index contributed by atoms with van der Waals surface area (Å²) in [7, 11) is -2.33. The molecule has 1 aliphatic rings. The van der Waals surface area contributed by atoms with Crippen LogP contribution in [0.4, 0.5) is 5.69 Å². The number of sulfone groups is 1. The third kappa shape index (κ3) is 3.37. The Morgan fingerprint density at radius 2 is 2.16 bits per heavy atom. The van der Waals surface area contributed by atoms with Crippen molar-refractivity contribution in [1.29, 1.82) is 0 Å². The zero-order chi connectivity index (χ0) is 14.0. The molecule has 2 rings (SSSR count). The molecule has 0 bridgehead atoms. The molecule has 0 atom stereocenters. The Balaban J connectivity index is 2.20. The molecule has 3 N–H and O–H groups in total. The highest BCUT2D eigenvalue weighted by Crippen LogP contribution is 2.25. The number of nitrogens with two attached hydrogens (primary N) is 1. The second-order valence-corrected chi connectivity index (χ2v) is 6.46. The van der Waals surface area contributed by atoms with Crippen LogP contribution in [0.15, 0.2) is 23.1 Å². The van der Waals surface area contributed by atoms with Crippen LogP contribution in [0.1, 0.15) is 12.8 Å². The fourth-order valence-corrected chi connectivity index (χ4v) is 2.97. The van der Waals surface area contributed by atoms with E-state index in [1.165, 1.54) is 19.2 Å². The summed E-state index contributed by atoms with van der Waals surface area (Å²) < 4.78 is 29.2. The van der Waals surface area contributed by atoms with E-state index in [0.717, 1.165) is 12.8 Å². The number of nitrogen functional groups attached to an aromatic ring is 1. The summed E-state index contributed by atoms with van der Waals surface area (Å²) in [6, 6.07) is 4.48. The van der Waals surface area contributed by atoms with Crippen molar-refractivity contribution in [3.63, 3.8) is 0 Å². The van der Waals surface area contributed by atoms with Gasteiger partial charge in [0.05, 0.1) is 17.7 Å². The average molecular weight is 284 g/mol. The van der Waals surface area contributed by atoms with Gasteiger partial charge in [-0.25, -0.2) is 8.42 Å². The maximum absolute atomic E-state index is 12.1. The first-order valence-corrected chi connectivity index (χ1v) is 7.53. The van der Waals surface area contributed by atoms with E-state index in [4.69, 9.17) is 10.5 Å². The van der Waals surface area contributed by atoms with Crippen LogP contribution in [-0.4, -0.2) is 33.2 Å². The van der Waals surface area contributed by atoms with Crippen molar-refractivity contribution in [2.75, 3.05) is 18.6 Å². The Bertz CT molecular complexity index is 594. The van der Waals surface area contributed by atoms with E-state index in [2.05, 4.69) is 5.32 Å². The second-order valence-electron chi connectivity index (χ2n) is 4.50. The summed E-state index contributed by atoms with van der Waals surface area (Å²) in [6.07, 6.45) is 1.82. The number of amides is 1. The lowest BCUT2D eigenvalue weighted by Gasteiger charge is -2.09. The van der Waals surface area contributed by atoms with Gasteiger partial charge in [-0.3, -0.25) is 4.79 Å². The minimum atomic E-state index is -3.76. The van der Waals surface area contributed by atoms with Gasteiger partial charge in [0.15, 0.2) is 9.84 Å². The van der Waals surface area contributed by atoms with Crippen LogP contribution in [0, 0.1) is 0 Å². The van der Waals surface area contributed by atoms with Gasteiger partial charge in [-0.05, 0) is 25.0 Å². The fourth-order valence-electron chi connectivity index (χ4n) is 1.66. The number of benzene rings is 1. The Morgan fingerprint density at radius 3 is 2.74 bits per heavy atom. The maximum Gasteiger partial charge on any atom is 0.235 e. The minimum Gasteiger partial charge on any atom is -0.497 e. The van der Waals surface area contributed by atoms with E-state index in [1.54, 1.807) is 6.07 Å². The number of anilines is 1. The Kier molecular flexibility index (Phi) is 3.66. The zero-order valence-electron chi connectivity index (χ0n) is 10.5. The molecule has 0 unspecified atom stereocenters. The van der Waals surface area contributed by atoms with Crippen molar-refractivity contribution in [2.24, 2.45) is 0 Å². The predicted octanol–water partition coefficient (Wildman–Crippen LogP) is 0.330. The maximum atomic E-state index is 12.1. The molecule has 19 heavy (non-hydrogen) atoms. The summed E-state index contributed by atoms with van der Waals surface area (Å²) in [5, 5.41) is 2.64. The Labute approximate surface area is 111 Å². The van der Waals surface area contributed by atoms with E-state index >= 15 is 0 Å². The normalized spacial score (nSPS) is 15.0. The van der Waals surface area contributed by atoms with Crippen molar-refractivity contribution >= 4 is 21.4 Å². The van der Waals surface area contributed by atoms with Crippen LogP contribution < -0.4 is 15.8 Å². The van der Waals surface area contributed by atoms with Crippen LogP contribution in [-0.2, 0) is 14.6 Å². The van der Waals surface area contributed by atoms with Gasteiger partial charge in [0, 0.05) is 12.1 Å². The van der Waals surface area contributed by atoms with Crippen LogP contribution in [0.3, 0.4) is 0 Å². The number of rotatable bonds is 5. The van der Waals surface area contributed by atoms with Crippen LogP contribution in [0.5, 0.6) is 5.75 Å². The third-order valence-electron chi connectivity index (χ3n) is 2.82. The molecule has 0 heterocycles. The number of carbonyl (C=O) groups is 1. The topological polar surface area (TPSA) is 98.5 Å². The number of methoxy groups -OCH3 is 1. The molecule has 0 radical (unpaired) electrons. The van der Waals surface area contributed by atoms with Gasteiger partial charge in [-0.15, -0.1) is 0 Å². The first-order valence-electron chi connectivity index (χ1n) is 5.88. The molecule has 1 fully saturated rings. The number of hydrogen-bond donors (Lipinski definition) is 2. The minimum absolute atomic E-state index is 0.0715. The Morgan fingerprint density at radius 1 is 1.47 bits per heavy atom.